The highest BCUT2D eigenvalue weighted by molar-refractivity contribution is 5.67. The lowest BCUT2D eigenvalue weighted by Gasteiger charge is -2.05. The topological polar surface area (TPSA) is 61.5 Å². The molecule has 0 saturated carbocycles. The molecule has 1 N–H and O–H groups in total. The Balaban J connectivity index is 1.45. The average Bonchev–Trinajstić information content (AvgIpc) is 3.48. The zero-order chi connectivity index (χ0) is 19.6. The van der Waals surface area contributed by atoms with Crippen LogP contribution in [0.2, 0.25) is 0 Å². The molecule has 0 spiro atoms. The summed E-state index contributed by atoms with van der Waals surface area (Å²) in [4.78, 5) is 0. The van der Waals surface area contributed by atoms with E-state index in [4.69, 9.17) is 19.0 Å². The monoisotopic (exact) mass is 387 g/mol. The number of ether oxygens (including phenoxy) is 2. The summed E-state index contributed by atoms with van der Waals surface area (Å²) in [6.07, 6.45) is 2.07. The largest absolute Gasteiger partial charge is 0.465 e. The normalized spacial score (nSPS) is 12.4. The van der Waals surface area contributed by atoms with Gasteiger partial charge in [-0.2, -0.15) is 5.10 Å². The lowest BCUT2D eigenvalue weighted by molar-refractivity contribution is 0.174. The van der Waals surface area contributed by atoms with Crippen LogP contribution in [0.5, 0.6) is 11.5 Å². The van der Waals surface area contributed by atoms with Crippen molar-refractivity contribution in [3.05, 3.63) is 83.9 Å². The zero-order valence-electron chi connectivity index (χ0n) is 16.1. The molecule has 146 valence electrons. The number of benzene rings is 2. The molecule has 4 aromatic rings. The van der Waals surface area contributed by atoms with Gasteiger partial charge in [-0.15, -0.1) is 0 Å². The Morgan fingerprint density at radius 3 is 2.66 bits per heavy atom. The summed E-state index contributed by atoms with van der Waals surface area (Å²) >= 11 is 0. The van der Waals surface area contributed by atoms with Crippen molar-refractivity contribution >= 4 is 0 Å². The fraction of sp³-hybridized carbons (Fsp3) is 0.174. The van der Waals surface area contributed by atoms with Crippen molar-refractivity contribution in [2.75, 3.05) is 6.79 Å². The maximum absolute atomic E-state index is 5.65. The fourth-order valence-corrected chi connectivity index (χ4v) is 3.44. The lowest BCUT2D eigenvalue weighted by Crippen LogP contribution is -2.12. The van der Waals surface area contributed by atoms with Gasteiger partial charge in [0.1, 0.15) is 11.5 Å². The SMILES string of the molecule is Cc1ccc(CNCc2cn(-c3ccccc3)nc2-c2ccc3c(c2)OCO3)o1. The smallest absolute Gasteiger partial charge is 0.231 e. The summed E-state index contributed by atoms with van der Waals surface area (Å²) in [5, 5.41) is 8.32. The molecule has 3 heterocycles. The molecule has 6 nitrogen and oxygen atoms in total. The Labute approximate surface area is 168 Å². The summed E-state index contributed by atoms with van der Waals surface area (Å²) in [5.74, 6) is 3.35. The number of fused-ring (bicyclic) bond motifs is 1. The number of hydrogen-bond donors (Lipinski definition) is 1. The number of aryl methyl sites for hydroxylation is 1. The van der Waals surface area contributed by atoms with Crippen molar-refractivity contribution in [1.82, 2.24) is 15.1 Å². The molecule has 2 aromatic heterocycles. The van der Waals surface area contributed by atoms with Gasteiger partial charge in [-0.05, 0) is 49.4 Å². The summed E-state index contributed by atoms with van der Waals surface area (Å²) in [7, 11) is 0. The number of nitrogens with zero attached hydrogens (tertiary/aromatic N) is 2. The number of rotatable bonds is 6. The number of nitrogens with one attached hydrogen (secondary N) is 1. The van der Waals surface area contributed by atoms with E-state index in [1.165, 1.54) is 0 Å². The molecular weight excluding hydrogens is 366 g/mol. The number of aromatic nitrogens is 2. The van der Waals surface area contributed by atoms with Crippen LogP contribution < -0.4 is 14.8 Å². The molecule has 0 atom stereocenters. The van der Waals surface area contributed by atoms with Gasteiger partial charge in [0.2, 0.25) is 6.79 Å². The first-order valence-corrected chi connectivity index (χ1v) is 9.56. The Morgan fingerprint density at radius 2 is 1.83 bits per heavy atom. The molecule has 0 saturated heterocycles. The van der Waals surface area contributed by atoms with Crippen LogP contribution in [0.1, 0.15) is 17.1 Å². The first kappa shape index (κ1) is 17.6. The van der Waals surface area contributed by atoms with E-state index in [2.05, 4.69) is 11.5 Å². The first-order chi connectivity index (χ1) is 14.3. The summed E-state index contributed by atoms with van der Waals surface area (Å²) < 4.78 is 18.5. The van der Waals surface area contributed by atoms with E-state index in [0.717, 1.165) is 45.5 Å². The minimum atomic E-state index is 0.258. The van der Waals surface area contributed by atoms with Crippen LogP contribution in [-0.2, 0) is 13.1 Å². The van der Waals surface area contributed by atoms with Crippen LogP contribution in [0.3, 0.4) is 0 Å². The highest BCUT2D eigenvalue weighted by Gasteiger charge is 2.18. The third-order valence-electron chi connectivity index (χ3n) is 4.87. The molecule has 2 aromatic carbocycles. The predicted molar refractivity (Wildman–Crippen MR) is 109 cm³/mol. The highest BCUT2D eigenvalue weighted by Crippen LogP contribution is 2.36. The molecule has 0 aliphatic carbocycles. The Bertz CT molecular complexity index is 1130. The molecule has 0 unspecified atom stereocenters. The second-order valence-corrected chi connectivity index (χ2v) is 6.97. The zero-order valence-corrected chi connectivity index (χ0v) is 16.1. The van der Waals surface area contributed by atoms with Crippen LogP contribution in [0.15, 0.2) is 71.3 Å². The van der Waals surface area contributed by atoms with E-state index in [9.17, 15) is 0 Å². The summed E-state index contributed by atoms with van der Waals surface area (Å²) in [6.45, 7) is 3.53. The van der Waals surface area contributed by atoms with Crippen molar-refractivity contribution < 1.29 is 13.9 Å². The molecule has 1 aliphatic heterocycles. The van der Waals surface area contributed by atoms with Crippen LogP contribution in [-0.4, -0.2) is 16.6 Å². The Hall–Kier alpha value is -3.51. The second kappa shape index (κ2) is 7.48. The standard InChI is InChI=1S/C23H21N3O3/c1-16-7-9-20(29-16)13-24-12-18-14-26(19-5-3-2-4-6-19)25-23(18)17-8-10-21-22(11-17)28-15-27-21/h2-11,14,24H,12-13,15H2,1H3. The van der Waals surface area contributed by atoms with Gasteiger partial charge in [0.25, 0.3) is 0 Å². The van der Waals surface area contributed by atoms with Gasteiger partial charge in [-0.1, -0.05) is 18.2 Å². The highest BCUT2D eigenvalue weighted by atomic mass is 16.7. The van der Waals surface area contributed by atoms with E-state index in [1.807, 2.05) is 72.3 Å². The van der Waals surface area contributed by atoms with Gasteiger partial charge >= 0.3 is 0 Å². The van der Waals surface area contributed by atoms with Crippen LogP contribution >= 0.6 is 0 Å². The maximum atomic E-state index is 5.65. The van der Waals surface area contributed by atoms with Crippen molar-refractivity contribution in [3.63, 3.8) is 0 Å². The van der Waals surface area contributed by atoms with E-state index in [1.54, 1.807) is 0 Å². The number of furan rings is 1. The second-order valence-electron chi connectivity index (χ2n) is 6.97. The molecular formula is C23H21N3O3. The average molecular weight is 387 g/mol. The Kier molecular flexibility index (Phi) is 4.54. The van der Waals surface area contributed by atoms with Gasteiger partial charge in [0, 0.05) is 23.9 Å². The minimum absolute atomic E-state index is 0.258. The quantitative estimate of drug-likeness (QED) is 0.529. The van der Waals surface area contributed by atoms with Crippen LogP contribution in [0.25, 0.3) is 16.9 Å². The lowest BCUT2D eigenvalue weighted by atomic mass is 10.1. The molecule has 1 aliphatic rings. The van der Waals surface area contributed by atoms with E-state index >= 15 is 0 Å². The summed E-state index contributed by atoms with van der Waals surface area (Å²) in [6, 6.07) is 20.0. The molecule has 0 amide bonds. The van der Waals surface area contributed by atoms with Crippen molar-refractivity contribution in [1.29, 1.82) is 0 Å². The first-order valence-electron chi connectivity index (χ1n) is 9.56. The number of para-hydroxylation sites is 1. The molecule has 0 radical (unpaired) electrons. The fourth-order valence-electron chi connectivity index (χ4n) is 3.44. The minimum Gasteiger partial charge on any atom is -0.465 e. The van der Waals surface area contributed by atoms with Crippen LogP contribution in [0, 0.1) is 6.92 Å². The molecule has 6 heteroatoms. The van der Waals surface area contributed by atoms with Gasteiger partial charge in [0.15, 0.2) is 11.5 Å². The number of hydrogen-bond acceptors (Lipinski definition) is 5. The Morgan fingerprint density at radius 1 is 0.966 bits per heavy atom. The maximum Gasteiger partial charge on any atom is 0.231 e. The third kappa shape index (κ3) is 3.62. The van der Waals surface area contributed by atoms with Gasteiger partial charge in [-0.3, -0.25) is 0 Å². The van der Waals surface area contributed by atoms with Gasteiger partial charge in [0.05, 0.1) is 17.9 Å². The molecule has 5 rings (SSSR count). The van der Waals surface area contributed by atoms with Crippen molar-refractivity contribution in [2.24, 2.45) is 0 Å². The van der Waals surface area contributed by atoms with Gasteiger partial charge < -0.3 is 19.2 Å². The molecule has 0 bridgehead atoms. The van der Waals surface area contributed by atoms with Crippen molar-refractivity contribution in [2.45, 2.75) is 20.0 Å². The third-order valence-corrected chi connectivity index (χ3v) is 4.87. The van der Waals surface area contributed by atoms with E-state index in [0.29, 0.717) is 13.1 Å². The van der Waals surface area contributed by atoms with Crippen LogP contribution in [0.4, 0.5) is 0 Å². The predicted octanol–water partition coefficient (Wildman–Crippen LogP) is 4.46. The summed E-state index contributed by atoms with van der Waals surface area (Å²) in [5.41, 5.74) is 4.02. The molecule has 0 fully saturated rings. The van der Waals surface area contributed by atoms with Crippen molar-refractivity contribution in [3.8, 4) is 28.4 Å². The molecule has 29 heavy (non-hydrogen) atoms. The van der Waals surface area contributed by atoms with E-state index in [-0.39, 0.29) is 6.79 Å². The van der Waals surface area contributed by atoms with E-state index < -0.39 is 0 Å². The van der Waals surface area contributed by atoms with Gasteiger partial charge in [-0.25, -0.2) is 4.68 Å².